The summed E-state index contributed by atoms with van der Waals surface area (Å²) in [6.07, 6.45) is 3.12. The van der Waals surface area contributed by atoms with Gasteiger partial charge < -0.3 is 17.4 Å². The molecular formula is C12H24N2OS. The van der Waals surface area contributed by atoms with E-state index < -0.39 is 0 Å². The number of nitriles is 1. The van der Waals surface area contributed by atoms with E-state index in [0.29, 0.717) is 12.1 Å². The highest BCUT2D eigenvalue weighted by molar-refractivity contribution is 7.64. The van der Waals surface area contributed by atoms with Gasteiger partial charge in [0.15, 0.2) is 6.73 Å². The molecule has 0 amide bonds. The van der Waals surface area contributed by atoms with Gasteiger partial charge in [-0.15, -0.1) is 0 Å². The van der Waals surface area contributed by atoms with Crippen LogP contribution in [0.5, 0.6) is 0 Å². The van der Waals surface area contributed by atoms with Crippen LogP contribution in [0, 0.1) is 10.7 Å². The molecule has 4 heteroatoms. The van der Waals surface area contributed by atoms with Gasteiger partial charge in [-0.25, -0.2) is 5.26 Å². The summed E-state index contributed by atoms with van der Waals surface area (Å²) >= 11 is 3.70. The monoisotopic (exact) mass is 244 g/mol. The lowest BCUT2D eigenvalue weighted by Gasteiger charge is -2.38. The summed E-state index contributed by atoms with van der Waals surface area (Å²) in [5.41, 5.74) is 0. The summed E-state index contributed by atoms with van der Waals surface area (Å²) in [4.78, 5) is 0. The highest BCUT2D eigenvalue weighted by Crippen LogP contribution is 2.23. The van der Waals surface area contributed by atoms with E-state index in [9.17, 15) is 0 Å². The third-order valence-corrected chi connectivity index (χ3v) is 3.22. The van der Waals surface area contributed by atoms with Crippen molar-refractivity contribution in [3.63, 3.8) is 0 Å². The zero-order chi connectivity index (χ0) is 12.6. The molecule has 0 aromatic rings. The van der Waals surface area contributed by atoms with Crippen LogP contribution >= 0.6 is 0 Å². The van der Waals surface area contributed by atoms with Gasteiger partial charge in [-0.1, -0.05) is 5.40 Å². The lowest BCUT2D eigenvalue weighted by molar-refractivity contribution is -0.954. The molecule has 0 bridgehead atoms. The molecule has 0 unspecified atom stereocenters. The van der Waals surface area contributed by atoms with Crippen LogP contribution in [0.1, 0.15) is 40.5 Å². The Balaban J connectivity index is 0.000000673. The van der Waals surface area contributed by atoms with Crippen LogP contribution in [-0.4, -0.2) is 36.4 Å². The Bertz CT molecular complexity index is 218. The second-order valence-electron chi connectivity index (χ2n) is 4.90. The molecule has 0 saturated carbocycles. The topological polar surface area (TPSA) is 33.0 Å². The van der Waals surface area contributed by atoms with Gasteiger partial charge in [-0.2, -0.15) is 0 Å². The molecule has 0 N–H and O–H groups in total. The molecule has 1 fully saturated rings. The molecule has 16 heavy (non-hydrogen) atoms. The maximum absolute atomic E-state index is 7.13. The van der Waals surface area contributed by atoms with Crippen molar-refractivity contribution in [2.75, 3.05) is 19.8 Å². The average Bonchev–Trinajstić information content (AvgIpc) is 2.65. The first-order chi connectivity index (χ1) is 7.48. The van der Waals surface area contributed by atoms with Crippen LogP contribution in [0.2, 0.25) is 0 Å². The summed E-state index contributed by atoms with van der Waals surface area (Å²) in [6, 6.07) is 0.709. The van der Waals surface area contributed by atoms with Crippen LogP contribution in [0.15, 0.2) is 0 Å². The Morgan fingerprint density at radius 2 is 1.69 bits per heavy atom. The summed E-state index contributed by atoms with van der Waals surface area (Å²) in [5, 5.41) is 8.47. The molecule has 1 rings (SSSR count). The number of nitrogens with zero attached hydrogens (tertiary/aromatic N) is 2. The van der Waals surface area contributed by atoms with Crippen molar-refractivity contribution >= 4 is 12.6 Å². The standard InChI is InChI=1S/C11H24NO.CHNS/c1-10(2)12(7-5-6-8-12)9-13-11(3)4;2-1-3/h10-11H,5-9H2,1-4H3;3H/q+1;/p-1. The first-order valence-corrected chi connectivity index (χ1v) is 6.38. The second-order valence-corrected chi connectivity index (χ2v) is 5.08. The number of likely N-dealkylation sites (tertiary alicyclic amines) is 1. The number of hydrogen-bond donors (Lipinski definition) is 0. The van der Waals surface area contributed by atoms with Gasteiger partial charge >= 0.3 is 0 Å². The lowest BCUT2D eigenvalue weighted by atomic mass is 10.3. The number of ether oxygens (including phenoxy) is 1. The zero-order valence-electron chi connectivity index (χ0n) is 10.9. The number of hydrogen-bond acceptors (Lipinski definition) is 3. The van der Waals surface area contributed by atoms with Gasteiger partial charge in [0, 0.05) is 12.8 Å². The summed E-state index contributed by atoms with van der Waals surface area (Å²) in [6.45, 7) is 12.4. The maximum atomic E-state index is 7.13. The molecule has 1 saturated heterocycles. The fraction of sp³-hybridized carbons (Fsp3) is 0.917. The second kappa shape index (κ2) is 7.83. The average molecular weight is 244 g/mol. The highest BCUT2D eigenvalue weighted by Gasteiger charge is 2.35. The van der Waals surface area contributed by atoms with Crippen LogP contribution in [0.3, 0.4) is 0 Å². The van der Waals surface area contributed by atoms with Crippen molar-refractivity contribution in [1.82, 2.24) is 0 Å². The van der Waals surface area contributed by atoms with Gasteiger partial charge in [0.1, 0.15) is 0 Å². The predicted molar refractivity (Wildman–Crippen MR) is 68.4 cm³/mol. The van der Waals surface area contributed by atoms with Crippen LogP contribution < -0.4 is 0 Å². The van der Waals surface area contributed by atoms with E-state index in [1.807, 2.05) is 0 Å². The number of rotatable bonds is 4. The SMILES string of the molecule is CC(C)OC[N+]1(C(C)C)CCCC1.N#C[S-]. The molecule has 0 aromatic carbocycles. The fourth-order valence-corrected chi connectivity index (χ4v) is 2.06. The molecular weight excluding hydrogens is 220 g/mol. The molecule has 0 spiro atoms. The third kappa shape index (κ3) is 5.11. The van der Waals surface area contributed by atoms with Crippen molar-refractivity contribution in [3.05, 3.63) is 0 Å². The Labute approximate surface area is 105 Å². The summed E-state index contributed by atoms with van der Waals surface area (Å²) in [5.74, 6) is 0. The van der Waals surface area contributed by atoms with Crippen molar-refractivity contribution in [2.24, 2.45) is 0 Å². The number of quaternary nitrogens is 1. The molecule has 0 aromatic heterocycles. The molecule has 1 heterocycles. The van der Waals surface area contributed by atoms with Crippen molar-refractivity contribution in [3.8, 4) is 5.40 Å². The van der Waals surface area contributed by atoms with Crippen molar-refractivity contribution < 1.29 is 9.22 Å². The predicted octanol–water partition coefficient (Wildman–Crippen LogP) is 2.40. The minimum atomic E-state index is 0.370. The zero-order valence-corrected chi connectivity index (χ0v) is 11.7. The van der Waals surface area contributed by atoms with E-state index in [-0.39, 0.29) is 0 Å². The fourth-order valence-electron chi connectivity index (χ4n) is 2.06. The van der Waals surface area contributed by atoms with Gasteiger partial charge in [0.25, 0.3) is 0 Å². The maximum Gasteiger partial charge on any atom is 0.183 e. The Hall–Kier alpha value is -0.370. The molecule has 3 nitrogen and oxygen atoms in total. The van der Waals surface area contributed by atoms with E-state index >= 15 is 0 Å². The Morgan fingerprint density at radius 3 is 2.00 bits per heavy atom. The molecule has 94 valence electrons. The Kier molecular flexibility index (Phi) is 7.65. The molecule has 0 radical (unpaired) electrons. The molecule has 0 atom stereocenters. The minimum absolute atomic E-state index is 0.370. The molecule has 1 aliphatic heterocycles. The summed E-state index contributed by atoms with van der Waals surface area (Å²) in [7, 11) is 0. The van der Waals surface area contributed by atoms with E-state index in [1.165, 1.54) is 35.8 Å². The highest BCUT2D eigenvalue weighted by atomic mass is 32.1. The lowest BCUT2D eigenvalue weighted by Crippen LogP contribution is -2.52. The summed E-state index contributed by atoms with van der Waals surface area (Å²) < 4.78 is 6.94. The minimum Gasteiger partial charge on any atom is -0.696 e. The van der Waals surface area contributed by atoms with Crippen LogP contribution in [0.25, 0.3) is 0 Å². The van der Waals surface area contributed by atoms with E-state index in [2.05, 4.69) is 40.3 Å². The number of thiocyanates is 1. The molecule has 0 aliphatic carbocycles. The largest absolute Gasteiger partial charge is 0.696 e. The van der Waals surface area contributed by atoms with E-state index in [0.717, 1.165) is 6.73 Å². The first kappa shape index (κ1) is 15.6. The van der Waals surface area contributed by atoms with Gasteiger partial charge in [-0.3, -0.25) is 4.48 Å². The van der Waals surface area contributed by atoms with Gasteiger partial charge in [0.2, 0.25) is 0 Å². The van der Waals surface area contributed by atoms with E-state index in [4.69, 9.17) is 10.00 Å². The van der Waals surface area contributed by atoms with Crippen LogP contribution in [0.4, 0.5) is 0 Å². The smallest absolute Gasteiger partial charge is 0.183 e. The van der Waals surface area contributed by atoms with Crippen molar-refractivity contribution in [1.29, 1.82) is 5.26 Å². The van der Waals surface area contributed by atoms with Crippen LogP contribution in [-0.2, 0) is 17.4 Å². The van der Waals surface area contributed by atoms with E-state index in [1.54, 1.807) is 0 Å². The normalized spacial score (nSPS) is 18.1. The molecule has 1 aliphatic rings. The van der Waals surface area contributed by atoms with Gasteiger partial charge in [-0.05, 0) is 27.7 Å². The van der Waals surface area contributed by atoms with Gasteiger partial charge in [0.05, 0.1) is 25.2 Å². The first-order valence-electron chi connectivity index (χ1n) is 5.97. The third-order valence-electron chi connectivity index (χ3n) is 3.22. The Morgan fingerprint density at radius 1 is 1.25 bits per heavy atom. The quantitative estimate of drug-likeness (QED) is 0.432. The van der Waals surface area contributed by atoms with Crippen molar-refractivity contribution in [2.45, 2.75) is 52.7 Å².